The van der Waals surface area contributed by atoms with E-state index in [0.29, 0.717) is 13.2 Å². The van der Waals surface area contributed by atoms with Crippen LogP contribution in [0.2, 0.25) is 0 Å². The lowest BCUT2D eigenvalue weighted by Crippen LogP contribution is -2.37. The van der Waals surface area contributed by atoms with Gasteiger partial charge in [0.1, 0.15) is 0 Å². The van der Waals surface area contributed by atoms with Gasteiger partial charge in [-0.05, 0) is 57.8 Å². The van der Waals surface area contributed by atoms with Crippen LogP contribution in [0, 0.1) is 5.92 Å². The number of unbranched alkanes of at least 4 members (excludes halogenated alkanes) is 1. The molecule has 26 heavy (non-hydrogen) atoms. The highest BCUT2D eigenvalue weighted by Gasteiger charge is 2.25. The molecule has 0 atom stereocenters. The van der Waals surface area contributed by atoms with E-state index in [-0.39, 0.29) is 11.9 Å². The summed E-state index contributed by atoms with van der Waals surface area (Å²) in [7, 11) is 0. The van der Waals surface area contributed by atoms with Crippen molar-refractivity contribution >= 4 is 5.97 Å². The van der Waals surface area contributed by atoms with Gasteiger partial charge in [-0.2, -0.15) is 0 Å². The monoisotopic (exact) mass is 363 g/mol. The molecule has 0 aromatic heterocycles. The maximum absolute atomic E-state index is 11.8. The van der Waals surface area contributed by atoms with Gasteiger partial charge in [0, 0.05) is 6.54 Å². The van der Waals surface area contributed by atoms with E-state index < -0.39 is 0 Å². The molecule has 0 radical (unpaired) electrons. The number of nitrogens with zero attached hydrogens (tertiary/aromatic N) is 1. The summed E-state index contributed by atoms with van der Waals surface area (Å²) in [6.07, 6.45) is 4.93. The van der Waals surface area contributed by atoms with Gasteiger partial charge < -0.3 is 19.1 Å². The molecule has 0 N–H and O–H groups in total. The molecule has 1 saturated heterocycles. The van der Waals surface area contributed by atoms with E-state index in [0.717, 1.165) is 69.8 Å². The third-order valence-electron chi connectivity index (χ3n) is 4.69. The molecule has 5 heteroatoms. The molecule has 0 unspecified atom stereocenters. The Morgan fingerprint density at radius 2 is 1.65 bits per heavy atom. The van der Waals surface area contributed by atoms with Crippen molar-refractivity contribution in [2.45, 2.75) is 46.0 Å². The fourth-order valence-electron chi connectivity index (χ4n) is 3.14. The lowest BCUT2D eigenvalue weighted by Gasteiger charge is -2.30. The number of ether oxygens (including phenoxy) is 3. The van der Waals surface area contributed by atoms with Crippen molar-refractivity contribution in [2.24, 2.45) is 5.92 Å². The number of likely N-dealkylation sites (tertiary alicyclic amines) is 1. The highest BCUT2D eigenvalue weighted by molar-refractivity contribution is 5.72. The molecule has 0 saturated carbocycles. The van der Waals surface area contributed by atoms with Crippen LogP contribution in [0.5, 0.6) is 11.5 Å². The first-order valence-corrected chi connectivity index (χ1v) is 9.98. The molecule has 1 aliphatic heterocycles. The molecular weight excluding hydrogens is 330 g/mol. The van der Waals surface area contributed by atoms with Gasteiger partial charge in [-0.3, -0.25) is 4.79 Å². The maximum Gasteiger partial charge on any atom is 0.309 e. The lowest BCUT2D eigenvalue weighted by atomic mass is 9.97. The van der Waals surface area contributed by atoms with Crippen LogP contribution >= 0.6 is 0 Å². The van der Waals surface area contributed by atoms with E-state index >= 15 is 0 Å². The normalized spacial score (nSPS) is 15.6. The van der Waals surface area contributed by atoms with Crippen LogP contribution in [0.3, 0.4) is 0 Å². The smallest absolute Gasteiger partial charge is 0.309 e. The summed E-state index contributed by atoms with van der Waals surface area (Å²) in [6.45, 7) is 8.80. The Kier molecular flexibility index (Phi) is 9.32. The fraction of sp³-hybridized carbons (Fsp3) is 0.667. The summed E-state index contributed by atoms with van der Waals surface area (Å²) in [4.78, 5) is 14.2. The zero-order valence-corrected chi connectivity index (χ0v) is 16.2. The summed E-state index contributed by atoms with van der Waals surface area (Å²) in [6, 6.07) is 7.88. The number of esters is 1. The topological polar surface area (TPSA) is 48.0 Å². The molecule has 1 fully saturated rings. The lowest BCUT2D eigenvalue weighted by molar-refractivity contribution is -0.149. The predicted molar refractivity (Wildman–Crippen MR) is 103 cm³/mol. The number of rotatable bonds is 11. The summed E-state index contributed by atoms with van der Waals surface area (Å²) in [5.41, 5.74) is 0. The highest BCUT2D eigenvalue weighted by atomic mass is 16.5. The van der Waals surface area contributed by atoms with Crippen molar-refractivity contribution in [1.82, 2.24) is 4.90 Å². The van der Waals surface area contributed by atoms with Crippen molar-refractivity contribution in [3.05, 3.63) is 24.3 Å². The van der Waals surface area contributed by atoms with Crippen LogP contribution in [-0.4, -0.2) is 50.3 Å². The van der Waals surface area contributed by atoms with Crippen LogP contribution in [0.4, 0.5) is 0 Å². The number of carbonyl (C=O) groups excluding carboxylic acids is 1. The van der Waals surface area contributed by atoms with Crippen LogP contribution in [0.15, 0.2) is 24.3 Å². The minimum Gasteiger partial charge on any atom is -0.490 e. The van der Waals surface area contributed by atoms with Gasteiger partial charge in [0.25, 0.3) is 0 Å². The molecule has 5 nitrogen and oxygen atoms in total. The average Bonchev–Trinajstić information content (AvgIpc) is 2.67. The van der Waals surface area contributed by atoms with Crippen molar-refractivity contribution < 1.29 is 19.0 Å². The molecule has 146 valence electrons. The SMILES string of the molecule is CCCCOc1ccccc1OCCCN1CCC(C(=O)OCC)CC1. The first-order valence-electron chi connectivity index (χ1n) is 9.98. The molecule has 2 rings (SSSR count). The molecule has 1 aliphatic rings. The van der Waals surface area contributed by atoms with E-state index in [4.69, 9.17) is 14.2 Å². The van der Waals surface area contributed by atoms with Crippen molar-refractivity contribution in [2.75, 3.05) is 39.5 Å². The molecule has 0 aliphatic carbocycles. The summed E-state index contributed by atoms with van der Waals surface area (Å²) in [5, 5.41) is 0. The van der Waals surface area contributed by atoms with Crippen molar-refractivity contribution in [3.63, 3.8) is 0 Å². The second kappa shape index (κ2) is 11.8. The molecule has 0 amide bonds. The largest absolute Gasteiger partial charge is 0.490 e. The van der Waals surface area contributed by atoms with Gasteiger partial charge in [-0.15, -0.1) is 0 Å². The molecular formula is C21H33NO4. The van der Waals surface area contributed by atoms with Gasteiger partial charge >= 0.3 is 5.97 Å². The van der Waals surface area contributed by atoms with Crippen LogP contribution in [0.25, 0.3) is 0 Å². The molecule has 0 spiro atoms. The summed E-state index contributed by atoms with van der Waals surface area (Å²) >= 11 is 0. The van der Waals surface area contributed by atoms with Crippen LogP contribution in [0.1, 0.15) is 46.0 Å². The van der Waals surface area contributed by atoms with Gasteiger partial charge in [0.2, 0.25) is 0 Å². The van der Waals surface area contributed by atoms with E-state index in [1.165, 1.54) is 0 Å². The first-order chi connectivity index (χ1) is 12.7. The average molecular weight is 363 g/mol. The first kappa shape index (κ1) is 20.6. The number of carbonyl (C=O) groups is 1. The van der Waals surface area contributed by atoms with E-state index in [1.54, 1.807) is 0 Å². The predicted octanol–water partition coefficient (Wildman–Crippen LogP) is 3.91. The van der Waals surface area contributed by atoms with Crippen molar-refractivity contribution in [3.8, 4) is 11.5 Å². The second-order valence-corrected chi connectivity index (χ2v) is 6.72. The standard InChI is InChI=1S/C21H33NO4/c1-3-5-16-25-19-9-6-7-10-20(19)26-17-8-13-22-14-11-18(12-15-22)21(23)24-4-2/h6-7,9-10,18H,3-5,8,11-17H2,1-2H3. The number of hydrogen-bond acceptors (Lipinski definition) is 5. The molecule has 1 aromatic carbocycles. The fourth-order valence-corrected chi connectivity index (χ4v) is 3.14. The van der Waals surface area contributed by atoms with Gasteiger partial charge in [0.15, 0.2) is 11.5 Å². The third kappa shape index (κ3) is 6.87. The zero-order chi connectivity index (χ0) is 18.6. The Labute approximate surface area is 157 Å². The van der Waals surface area contributed by atoms with Gasteiger partial charge in [-0.1, -0.05) is 25.5 Å². The number of hydrogen-bond donors (Lipinski definition) is 0. The van der Waals surface area contributed by atoms with Gasteiger partial charge in [0.05, 0.1) is 25.7 Å². The minimum absolute atomic E-state index is 0.0323. The Bertz CT molecular complexity index is 526. The highest BCUT2D eigenvalue weighted by Crippen LogP contribution is 2.27. The number of para-hydroxylation sites is 2. The summed E-state index contributed by atoms with van der Waals surface area (Å²) < 4.78 is 16.8. The second-order valence-electron chi connectivity index (χ2n) is 6.72. The van der Waals surface area contributed by atoms with Crippen LogP contribution < -0.4 is 9.47 Å². The van der Waals surface area contributed by atoms with E-state index in [2.05, 4.69) is 11.8 Å². The number of benzene rings is 1. The van der Waals surface area contributed by atoms with E-state index in [9.17, 15) is 4.79 Å². The molecule has 1 aromatic rings. The van der Waals surface area contributed by atoms with Gasteiger partial charge in [-0.25, -0.2) is 0 Å². The Balaban J connectivity index is 1.65. The minimum atomic E-state index is -0.0323. The molecule has 0 bridgehead atoms. The Morgan fingerprint density at radius 3 is 2.23 bits per heavy atom. The Hall–Kier alpha value is -1.75. The van der Waals surface area contributed by atoms with Crippen molar-refractivity contribution in [1.29, 1.82) is 0 Å². The quantitative estimate of drug-likeness (QED) is 0.441. The zero-order valence-electron chi connectivity index (χ0n) is 16.2. The summed E-state index contributed by atoms with van der Waals surface area (Å²) in [5.74, 6) is 1.70. The Morgan fingerprint density at radius 1 is 1.04 bits per heavy atom. The maximum atomic E-state index is 11.8. The third-order valence-corrected chi connectivity index (χ3v) is 4.69. The van der Waals surface area contributed by atoms with E-state index in [1.807, 2.05) is 31.2 Å². The molecule has 1 heterocycles. The number of piperidine rings is 1. The van der Waals surface area contributed by atoms with Crippen LogP contribution in [-0.2, 0) is 9.53 Å².